The van der Waals surface area contributed by atoms with E-state index < -0.39 is 10.0 Å². The molecule has 0 aliphatic carbocycles. The Bertz CT molecular complexity index is 929. The lowest BCUT2D eigenvalue weighted by molar-refractivity contribution is 0.0735. The Labute approximate surface area is 157 Å². The van der Waals surface area contributed by atoms with Crippen LogP contribution in [0.2, 0.25) is 5.02 Å². The molecule has 1 aliphatic rings. The summed E-state index contributed by atoms with van der Waals surface area (Å²) in [5.74, 6) is 0.505. The zero-order valence-electron chi connectivity index (χ0n) is 14.2. The summed E-state index contributed by atoms with van der Waals surface area (Å²) < 4.78 is 28.5. The zero-order chi connectivity index (χ0) is 18.9. The van der Waals surface area contributed by atoms with Crippen LogP contribution in [0.1, 0.15) is 34.8 Å². The molecule has 8 heteroatoms. The number of nitrogens with two attached hydrogens (primary N) is 1. The number of ether oxygens (including phenoxy) is 1. The average Bonchev–Trinajstić information content (AvgIpc) is 3.10. The number of amides is 1. The van der Waals surface area contributed by atoms with Crippen LogP contribution >= 0.6 is 11.6 Å². The molecule has 1 heterocycles. The van der Waals surface area contributed by atoms with Crippen molar-refractivity contribution in [3.05, 3.63) is 58.6 Å². The number of hydrogen-bond donors (Lipinski definition) is 1. The highest BCUT2D eigenvalue weighted by Crippen LogP contribution is 2.34. The molecule has 138 valence electrons. The quantitative estimate of drug-likeness (QED) is 0.863. The second kappa shape index (κ2) is 7.26. The Morgan fingerprint density at radius 3 is 2.54 bits per heavy atom. The normalized spacial score (nSPS) is 17.3. The van der Waals surface area contributed by atoms with E-state index in [1.54, 1.807) is 12.0 Å². The van der Waals surface area contributed by atoms with Gasteiger partial charge >= 0.3 is 0 Å². The minimum atomic E-state index is -4.00. The van der Waals surface area contributed by atoms with Crippen LogP contribution in [0.4, 0.5) is 0 Å². The molecule has 0 saturated carbocycles. The first-order valence-electron chi connectivity index (χ1n) is 8.08. The number of hydrogen-bond acceptors (Lipinski definition) is 4. The second-order valence-electron chi connectivity index (χ2n) is 6.12. The second-order valence-corrected chi connectivity index (χ2v) is 8.06. The van der Waals surface area contributed by atoms with Crippen LogP contribution in [0.25, 0.3) is 0 Å². The highest BCUT2D eigenvalue weighted by molar-refractivity contribution is 7.89. The molecule has 2 aromatic rings. The monoisotopic (exact) mass is 394 g/mol. The lowest BCUT2D eigenvalue weighted by Crippen LogP contribution is -2.30. The third-order valence-corrected chi connectivity index (χ3v) is 5.89. The molecule has 3 rings (SSSR count). The molecule has 0 aromatic heterocycles. The summed E-state index contributed by atoms with van der Waals surface area (Å²) in [6.07, 6.45) is 1.71. The fraction of sp³-hybridized carbons (Fsp3) is 0.278. The Morgan fingerprint density at radius 1 is 1.23 bits per heavy atom. The third-order valence-electron chi connectivity index (χ3n) is 4.50. The number of carbonyl (C=O) groups excluding carboxylic acids is 1. The summed E-state index contributed by atoms with van der Waals surface area (Å²) in [6, 6.07) is 11.7. The van der Waals surface area contributed by atoms with Gasteiger partial charge in [0.1, 0.15) is 10.6 Å². The number of carbonyl (C=O) groups is 1. The molecule has 1 unspecified atom stereocenters. The SMILES string of the molecule is COc1ccc(C2CCCN2C(=O)c2ccc(Cl)c(S(N)(=O)=O)c2)cc1. The minimum absolute atomic E-state index is 0.00261. The molecule has 6 nitrogen and oxygen atoms in total. The number of sulfonamides is 1. The van der Waals surface area contributed by atoms with Gasteiger partial charge in [-0.2, -0.15) is 0 Å². The van der Waals surface area contributed by atoms with E-state index in [9.17, 15) is 13.2 Å². The lowest BCUT2D eigenvalue weighted by Gasteiger charge is -2.25. The first-order chi connectivity index (χ1) is 12.3. The molecule has 2 aromatic carbocycles. The fourth-order valence-electron chi connectivity index (χ4n) is 3.20. The van der Waals surface area contributed by atoms with Crippen molar-refractivity contribution in [2.75, 3.05) is 13.7 Å². The Morgan fingerprint density at radius 2 is 1.92 bits per heavy atom. The maximum Gasteiger partial charge on any atom is 0.254 e. The summed E-state index contributed by atoms with van der Waals surface area (Å²) in [5, 5.41) is 5.17. The molecule has 1 amide bonds. The summed E-state index contributed by atoms with van der Waals surface area (Å²) in [7, 11) is -2.40. The number of primary sulfonamides is 1. The van der Waals surface area contributed by atoms with Crippen LogP contribution in [0, 0.1) is 0 Å². The van der Waals surface area contributed by atoms with Gasteiger partial charge in [0.05, 0.1) is 18.2 Å². The van der Waals surface area contributed by atoms with Crippen molar-refractivity contribution in [1.82, 2.24) is 4.90 Å². The largest absolute Gasteiger partial charge is 0.497 e. The summed E-state index contributed by atoms with van der Waals surface area (Å²) in [5.41, 5.74) is 1.26. The molecule has 26 heavy (non-hydrogen) atoms. The highest BCUT2D eigenvalue weighted by Gasteiger charge is 2.31. The highest BCUT2D eigenvalue weighted by atomic mass is 35.5. The van der Waals surface area contributed by atoms with Gasteiger partial charge in [-0.3, -0.25) is 4.79 Å². The lowest BCUT2D eigenvalue weighted by atomic mass is 10.0. The topological polar surface area (TPSA) is 89.7 Å². The molecule has 0 radical (unpaired) electrons. The number of methoxy groups -OCH3 is 1. The van der Waals surface area contributed by atoms with Crippen molar-refractivity contribution in [1.29, 1.82) is 0 Å². The number of benzene rings is 2. The van der Waals surface area contributed by atoms with Crippen LogP contribution in [0.3, 0.4) is 0 Å². The number of likely N-dealkylation sites (tertiary alicyclic amines) is 1. The van der Waals surface area contributed by atoms with E-state index >= 15 is 0 Å². The minimum Gasteiger partial charge on any atom is -0.497 e. The van der Waals surface area contributed by atoms with Gasteiger partial charge in [-0.15, -0.1) is 0 Å². The molecular formula is C18H19ClN2O4S. The third kappa shape index (κ3) is 3.70. The van der Waals surface area contributed by atoms with Crippen LogP contribution in [-0.2, 0) is 10.0 Å². The molecule has 1 fully saturated rings. The van der Waals surface area contributed by atoms with E-state index in [2.05, 4.69) is 0 Å². The Kier molecular flexibility index (Phi) is 5.22. The van der Waals surface area contributed by atoms with Gasteiger partial charge in [0.25, 0.3) is 5.91 Å². The van der Waals surface area contributed by atoms with Gasteiger partial charge in [0.2, 0.25) is 10.0 Å². The first-order valence-corrected chi connectivity index (χ1v) is 10.0. The average molecular weight is 395 g/mol. The van der Waals surface area contributed by atoms with Gasteiger partial charge in [-0.25, -0.2) is 13.6 Å². The zero-order valence-corrected chi connectivity index (χ0v) is 15.8. The van der Waals surface area contributed by atoms with Crippen molar-refractivity contribution in [3.8, 4) is 5.75 Å². The van der Waals surface area contributed by atoms with Crippen molar-refractivity contribution in [2.24, 2.45) is 5.14 Å². The van der Waals surface area contributed by atoms with Crippen LogP contribution < -0.4 is 9.88 Å². The van der Waals surface area contributed by atoms with Crippen molar-refractivity contribution >= 4 is 27.5 Å². The Hall–Kier alpha value is -2.09. The van der Waals surface area contributed by atoms with Crippen LogP contribution in [0.5, 0.6) is 5.75 Å². The molecule has 0 spiro atoms. The summed E-state index contributed by atoms with van der Waals surface area (Å²) in [6.45, 7) is 0.600. The standard InChI is InChI=1S/C18H19ClN2O4S/c1-25-14-7-4-12(5-8-14)16-3-2-10-21(16)18(22)13-6-9-15(19)17(11-13)26(20,23)24/h4-9,11,16H,2-3,10H2,1H3,(H2,20,23,24). The molecule has 0 bridgehead atoms. The molecule has 1 atom stereocenters. The van der Waals surface area contributed by atoms with E-state index in [4.69, 9.17) is 21.5 Å². The van der Waals surface area contributed by atoms with Gasteiger partial charge in [-0.05, 0) is 48.7 Å². The maximum absolute atomic E-state index is 13.0. The molecular weight excluding hydrogens is 376 g/mol. The molecule has 1 saturated heterocycles. The van der Waals surface area contributed by atoms with Gasteiger partial charge < -0.3 is 9.64 Å². The smallest absolute Gasteiger partial charge is 0.254 e. The van der Waals surface area contributed by atoms with Crippen molar-refractivity contribution in [2.45, 2.75) is 23.8 Å². The van der Waals surface area contributed by atoms with Crippen LogP contribution in [0.15, 0.2) is 47.4 Å². The van der Waals surface area contributed by atoms with E-state index in [-0.39, 0.29) is 27.4 Å². The van der Waals surface area contributed by atoms with E-state index in [0.717, 1.165) is 24.2 Å². The molecule has 2 N–H and O–H groups in total. The first kappa shape index (κ1) is 18.7. The van der Waals surface area contributed by atoms with Crippen LogP contribution in [-0.4, -0.2) is 32.9 Å². The summed E-state index contributed by atoms with van der Waals surface area (Å²) >= 11 is 5.90. The Balaban J connectivity index is 1.91. The van der Waals surface area contributed by atoms with Gasteiger partial charge in [0, 0.05) is 12.1 Å². The van der Waals surface area contributed by atoms with E-state index in [1.807, 2.05) is 24.3 Å². The number of rotatable bonds is 4. The fourth-order valence-corrected chi connectivity index (χ4v) is 4.27. The maximum atomic E-state index is 13.0. The van der Waals surface area contributed by atoms with E-state index in [1.165, 1.54) is 18.2 Å². The molecule has 1 aliphatic heterocycles. The van der Waals surface area contributed by atoms with Gasteiger partial charge in [0.15, 0.2) is 0 Å². The number of nitrogens with zero attached hydrogens (tertiary/aromatic N) is 1. The van der Waals surface area contributed by atoms with E-state index in [0.29, 0.717) is 6.54 Å². The predicted molar refractivity (Wildman–Crippen MR) is 98.8 cm³/mol. The van der Waals surface area contributed by atoms with Crippen molar-refractivity contribution < 1.29 is 17.9 Å². The number of halogens is 1. The summed E-state index contributed by atoms with van der Waals surface area (Å²) in [4.78, 5) is 14.5. The van der Waals surface area contributed by atoms with Crippen molar-refractivity contribution in [3.63, 3.8) is 0 Å². The van der Waals surface area contributed by atoms with Gasteiger partial charge in [-0.1, -0.05) is 23.7 Å². The predicted octanol–water partition coefficient (Wildman–Crippen LogP) is 2.97.